The molecule has 0 aromatic heterocycles. The minimum atomic E-state index is -0.676. The van der Waals surface area contributed by atoms with E-state index in [1.54, 1.807) is 26.0 Å². The van der Waals surface area contributed by atoms with Gasteiger partial charge in [-0.1, -0.05) is 37.3 Å². The molecule has 0 saturated heterocycles. The lowest BCUT2D eigenvalue weighted by molar-refractivity contribution is -0.385. The van der Waals surface area contributed by atoms with Gasteiger partial charge in [-0.3, -0.25) is 14.9 Å². The van der Waals surface area contributed by atoms with Crippen molar-refractivity contribution in [3.05, 3.63) is 75.5 Å². The molecule has 1 aliphatic heterocycles. The van der Waals surface area contributed by atoms with E-state index in [-0.39, 0.29) is 5.91 Å². The van der Waals surface area contributed by atoms with Crippen molar-refractivity contribution >= 4 is 23.4 Å². The van der Waals surface area contributed by atoms with Gasteiger partial charge in [-0.15, -0.1) is 0 Å². The van der Waals surface area contributed by atoms with Crippen LogP contribution in [0.3, 0.4) is 0 Å². The molecule has 27 heavy (non-hydrogen) atoms. The monoisotopic (exact) mass is 367 g/mol. The quantitative estimate of drug-likeness (QED) is 0.350. The minimum Gasteiger partial charge on any atom is -0.502 e. The Morgan fingerprint density at radius 2 is 2.11 bits per heavy atom. The first-order valence-electron chi connectivity index (χ1n) is 8.39. The molecule has 1 aromatic rings. The minimum absolute atomic E-state index is 0.330. The molecule has 1 N–H and O–H groups in total. The first kappa shape index (κ1) is 19.8. The first-order valence-corrected chi connectivity index (χ1v) is 8.39. The standard InChI is InChI=1S/C20H21N3O4/c1-5-13(3)7-9-16(6-2)22-20(25)17(14(4)21-22)11-15-8-10-19(24)18(12-15)23(26)27/h6-12,24H,3,5H2,1-2,4H3. The van der Waals surface area contributed by atoms with Crippen molar-refractivity contribution in [1.29, 1.82) is 0 Å². The molecule has 1 aromatic carbocycles. The van der Waals surface area contributed by atoms with Crippen LogP contribution in [0.4, 0.5) is 5.69 Å². The summed E-state index contributed by atoms with van der Waals surface area (Å²) in [5.74, 6) is -0.757. The van der Waals surface area contributed by atoms with Crippen molar-refractivity contribution in [2.45, 2.75) is 27.2 Å². The average Bonchev–Trinajstić information content (AvgIpc) is 2.91. The molecular formula is C20H21N3O4. The molecule has 0 aliphatic carbocycles. The smallest absolute Gasteiger partial charge is 0.311 e. The van der Waals surface area contributed by atoms with Gasteiger partial charge in [0.25, 0.3) is 5.91 Å². The van der Waals surface area contributed by atoms with Crippen molar-refractivity contribution < 1.29 is 14.8 Å². The summed E-state index contributed by atoms with van der Waals surface area (Å²) in [6, 6.07) is 3.94. The molecule has 2 rings (SSSR count). The lowest BCUT2D eigenvalue weighted by Gasteiger charge is -2.12. The van der Waals surface area contributed by atoms with E-state index in [4.69, 9.17) is 0 Å². The number of hydrazone groups is 1. The summed E-state index contributed by atoms with van der Waals surface area (Å²) < 4.78 is 0. The van der Waals surface area contributed by atoms with Crippen molar-refractivity contribution in [2.75, 3.05) is 0 Å². The van der Waals surface area contributed by atoms with E-state index in [9.17, 15) is 20.0 Å². The molecule has 0 saturated carbocycles. The molecule has 0 radical (unpaired) electrons. The highest BCUT2D eigenvalue weighted by atomic mass is 16.6. The predicted molar refractivity (Wildman–Crippen MR) is 105 cm³/mol. The van der Waals surface area contributed by atoms with Gasteiger partial charge in [0.15, 0.2) is 5.75 Å². The largest absolute Gasteiger partial charge is 0.502 e. The van der Waals surface area contributed by atoms with Crippen LogP contribution in [0.5, 0.6) is 5.75 Å². The summed E-state index contributed by atoms with van der Waals surface area (Å²) in [6.07, 6.45) is 7.69. The van der Waals surface area contributed by atoms with Crippen LogP contribution in [-0.4, -0.2) is 26.7 Å². The molecule has 7 nitrogen and oxygen atoms in total. The van der Waals surface area contributed by atoms with Gasteiger partial charge < -0.3 is 5.11 Å². The van der Waals surface area contributed by atoms with Crippen molar-refractivity contribution in [3.63, 3.8) is 0 Å². The van der Waals surface area contributed by atoms with Gasteiger partial charge in [-0.2, -0.15) is 10.1 Å². The molecular weight excluding hydrogens is 346 g/mol. The molecule has 1 aliphatic rings. The molecule has 1 amide bonds. The van der Waals surface area contributed by atoms with Crippen LogP contribution in [0, 0.1) is 10.1 Å². The third-order valence-electron chi connectivity index (χ3n) is 4.05. The highest BCUT2D eigenvalue weighted by molar-refractivity contribution is 6.27. The second kappa shape index (κ2) is 8.27. The number of nitro groups is 1. The molecule has 0 atom stereocenters. The van der Waals surface area contributed by atoms with Crippen LogP contribution in [-0.2, 0) is 4.79 Å². The fourth-order valence-electron chi connectivity index (χ4n) is 2.41. The lowest BCUT2D eigenvalue weighted by Crippen LogP contribution is -2.20. The highest BCUT2D eigenvalue weighted by Crippen LogP contribution is 2.29. The van der Waals surface area contributed by atoms with Gasteiger partial charge in [-0.25, -0.2) is 0 Å². The fourth-order valence-corrected chi connectivity index (χ4v) is 2.41. The van der Waals surface area contributed by atoms with Crippen LogP contribution >= 0.6 is 0 Å². The molecule has 0 spiro atoms. The van der Waals surface area contributed by atoms with Gasteiger partial charge in [0.05, 0.1) is 21.9 Å². The predicted octanol–water partition coefficient (Wildman–Crippen LogP) is 4.33. The maximum Gasteiger partial charge on any atom is 0.311 e. The van der Waals surface area contributed by atoms with Gasteiger partial charge in [0, 0.05) is 6.07 Å². The second-order valence-corrected chi connectivity index (χ2v) is 5.92. The Balaban J connectivity index is 2.35. The maximum atomic E-state index is 12.8. The molecule has 1 heterocycles. The summed E-state index contributed by atoms with van der Waals surface area (Å²) >= 11 is 0. The Bertz CT molecular complexity index is 923. The summed E-state index contributed by atoms with van der Waals surface area (Å²) in [4.78, 5) is 23.1. The topological polar surface area (TPSA) is 96.0 Å². The normalized spacial score (nSPS) is 16.3. The summed E-state index contributed by atoms with van der Waals surface area (Å²) in [5, 5.41) is 26.1. The van der Waals surface area contributed by atoms with Crippen molar-refractivity contribution in [3.8, 4) is 5.75 Å². The van der Waals surface area contributed by atoms with E-state index in [1.165, 1.54) is 29.3 Å². The highest BCUT2D eigenvalue weighted by Gasteiger charge is 2.29. The Hall–Kier alpha value is -3.48. The zero-order chi connectivity index (χ0) is 20.1. The number of phenolic OH excluding ortho intramolecular Hbond substituents is 1. The van der Waals surface area contributed by atoms with E-state index >= 15 is 0 Å². The number of aromatic hydroxyl groups is 1. The van der Waals surface area contributed by atoms with E-state index in [1.807, 2.05) is 13.0 Å². The Kier molecular flexibility index (Phi) is 6.07. The van der Waals surface area contributed by atoms with Crippen molar-refractivity contribution in [1.82, 2.24) is 5.01 Å². The lowest BCUT2D eigenvalue weighted by atomic mass is 10.1. The van der Waals surface area contributed by atoms with Gasteiger partial charge >= 0.3 is 5.69 Å². The Labute approximate surface area is 157 Å². The van der Waals surface area contributed by atoms with Crippen LogP contribution in [0.2, 0.25) is 0 Å². The number of phenols is 1. The van der Waals surface area contributed by atoms with Crippen LogP contribution in [0.25, 0.3) is 6.08 Å². The van der Waals surface area contributed by atoms with E-state index < -0.39 is 16.4 Å². The number of carbonyl (C=O) groups excluding carboxylic acids is 1. The maximum absolute atomic E-state index is 12.8. The number of carbonyl (C=O) groups is 1. The Morgan fingerprint density at radius 3 is 2.70 bits per heavy atom. The molecule has 0 unspecified atom stereocenters. The van der Waals surface area contributed by atoms with E-state index in [0.29, 0.717) is 22.5 Å². The summed E-state index contributed by atoms with van der Waals surface area (Å²) in [5.41, 5.74) is 2.37. The molecule has 0 fully saturated rings. The SMILES string of the molecule is C=C(C=CC(=CC)N1N=C(C)C(=Cc2ccc(O)c([N+](=O)[O-])c2)C1=O)CC. The third-order valence-corrected chi connectivity index (χ3v) is 4.05. The second-order valence-electron chi connectivity index (χ2n) is 5.92. The van der Waals surface area contributed by atoms with Crippen LogP contribution in [0.15, 0.2) is 65.0 Å². The summed E-state index contributed by atoms with van der Waals surface area (Å²) in [7, 11) is 0. The number of benzene rings is 1. The number of nitrogens with zero attached hydrogens (tertiary/aromatic N) is 3. The zero-order valence-corrected chi connectivity index (χ0v) is 15.5. The van der Waals surface area contributed by atoms with E-state index in [2.05, 4.69) is 11.7 Å². The molecule has 7 heteroatoms. The third kappa shape index (κ3) is 4.38. The number of rotatable bonds is 6. The number of nitro benzene ring substituents is 1. The van der Waals surface area contributed by atoms with Gasteiger partial charge in [-0.05, 0) is 44.1 Å². The summed E-state index contributed by atoms with van der Waals surface area (Å²) in [6.45, 7) is 9.39. The number of amides is 1. The number of hydrogen-bond donors (Lipinski definition) is 1. The van der Waals surface area contributed by atoms with Crippen molar-refractivity contribution in [2.24, 2.45) is 5.10 Å². The zero-order valence-electron chi connectivity index (χ0n) is 15.5. The number of allylic oxidation sites excluding steroid dienone is 4. The first-order chi connectivity index (χ1) is 12.8. The van der Waals surface area contributed by atoms with Crippen LogP contribution < -0.4 is 0 Å². The fraction of sp³-hybridized carbons (Fsp3) is 0.200. The molecule has 0 bridgehead atoms. The Morgan fingerprint density at radius 1 is 1.41 bits per heavy atom. The van der Waals surface area contributed by atoms with Gasteiger partial charge in [0.2, 0.25) is 0 Å². The average molecular weight is 367 g/mol. The van der Waals surface area contributed by atoms with Crippen LogP contribution in [0.1, 0.15) is 32.8 Å². The van der Waals surface area contributed by atoms with Gasteiger partial charge in [0.1, 0.15) is 0 Å². The number of hydrogen-bond acceptors (Lipinski definition) is 5. The van der Waals surface area contributed by atoms with E-state index in [0.717, 1.165) is 12.0 Å². The molecule has 140 valence electrons.